The van der Waals surface area contributed by atoms with Gasteiger partial charge < -0.3 is 5.32 Å². The first-order valence-corrected chi connectivity index (χ1v) is 9.70. The Hall–Kier alpha value is -3.06. The summed E-state index contributed by atoms with van der Waals surface area (Å²) in [7, 11) is 0. The summed E-state index contributed by atoms with van der Waals surface area (Å²) in [5.41, 5.74) is 5.64. The smallest absolute Gasteiger partial charge is 0.271 e. The summed E-state index contributed by atoms with van der Waals surface area (Å²) in [5, 5.41) is 3.53. The van der Waals surface area contributed by atoms with Crippen LogP contribution < -0.4 is 16.2 Å². The Morgan fingerprint density at radius 3 is 2.07 bits per heavy atom. The van der Waals surface area contributed by atoms with Gasteiger partial charge in [-0.15, -0.1) is 0 Å². The molecule has 0 aliphatic carbocycles. The highest BCUT2D eigenvalue weighted by Gasteiger charge is 2.14. The van der Waals surface area contributed by atoms with E-state index in [0.29, 0.717) is 21.3 Å². The Labute approximate surface area is 187 Å². The van der Waals surface area contributed by atoms with Crippen molar-refractivity contribution in [1.29, 1.82) is 0 Å². The van der Waals surface area contributed by atoms with Crippen molar-refractivity contribution in [2.24, 2.45) is 0 Å². The van der Waals surface area contributed by atoms with Crippen LogP contribution in [0.4, 0.5) is 5.69 Å². The van der Waals surface area contributed by atoms with Crippen LogP contribution in [0.1, 0.15) is 31.1 Å². The minimum absolute atomic E-state index is 0.151. The molecule has 0 aliphatic rings. The molecular weight excluding hydrogens is 449 g/mol. The predicted octanol–water partition coefficient (Wildman–Crippen LogP) is 4.97. The average molecular weight is 463 g/mol. The van der Waals surface area contributed by atoms with E-state index < -0.39 is 17.7 Å². The molecule has 0 fully saturated rings. The van der Waals surface area contributed by atoms with Gasteiger partial charge in [-0.1, -0.05) is 53.0 Å². The average Bonchev–Trinajstić information content (AvgIpc) is 2.72. The van der Waals surface area contributed by atoms with E-state index in [1.807, 2.05) is 0 Å². The number of hydrogen-bond donors (Lipinski definition) is 3. The molecule has 0 aliphatic heterocycles. The molecule has 0 unspecified atom stereocenters. The molecular formula is C21H14Cl3N3O3. The van der Waals surface area contributed by atoms with Crippen molar-refractivity contribution in [3.63, 3.8) is 0 Å². The fraction of sp³-hybridized carbons (Fsp3) is 0. The topological polar surface area (TPSA) is 87.3 Å². The molecule has 0 atom stereocenters. The lowest BCUT2D eigenvalue weighted by atomic mass is 10.1. The highest BCUT2D eigenvalue weighted by atomic mass is 35.5. The molecule has 3 N–H and O–H groups in total. The maximum atomic E-state index is 12.4. The summed E-state index contributed by atoms with van der Waals surface area (Å²) >= 11 is 17.8. The van der Waals surface area contributed by atoms with Crippen molar-refractivity contribution in [3.8, 4) is 0 Å². The molecule has 0 aromatic heterocycles. The van der Waals surface area contributed by atoms with Gasteiger partial charge in [-0.3, -0.25) is 25.2 Å². The standard InChI is InChI=1S/C21H14Cl3N3O3/c22-13-8-9-16(18(24)11-13)21(30)27-26-19(28)12-4-3-5-14(10-12)25-20(29)15-6-1-2-7-17(15)23/h1-11H,(H,25,29)(H,26,28)(H,27,30). The highest BCUT2D eigenvalue weighted by molar-refractivity contribution is 6.36. The van der Waals surface area contributed by atoms with Gasteiger partial charge in [-0.2, -0.15) is 0 Å². The number of halogens is 3. The molecule has 30 heavy (non-hydrogen) atoms. The van der Waals surface area contributed by atoms with E-state index in [9.17, 15) is 14.4 Å². The van der Waals surface area contributed by atoms with E-state index in [1.54, 1.807) is 36.4 Å². The molecule has 0 saturated heterocycles. The van der Waals surface area contributed by atoms with Crippen molar-refractivity contribution in [3.05, 3.63) is 98.5 Å². The molecule has 0 spiro atoms. The first kappa shape index (κ1) is 21.6. The van der Waals surface area contributed by atoms with Crippen LogP contribution in [0.15, 0.2) is 66.7 Å². The van der Waals surface area contributed by atoms with Crippen LogP contribution in [0.5, 0.6) is 0 Å². The maximum Gasteiger partial charge on any atom is 0.271 e. The molecule has 6 nitrogen and oxygen atoms in total. The molecule has 9 heteroatoms. The zero-order valence-corrected chi connectivity index (χ0v) is 17.5. The van der Waals surface area contributed by atoms with Gasteiger partial charge in [0.25, 0.3) is 17.7 Å². The van der Waals surface area contributed by atoms with Gasteiger partial charge >= 0.3 is 0 Å². The van der Waals surface area contributed by atoms with Gasteiger partial charge in [0.1, 0.15) is 0 Å². The van der Waals surface area contributed by atoms with E-state index in [2.05, 4.69) is 16.2 Å². The number of nitrogens with one attached hydrogen (secondary N) is 3. The summed E-state index contributed by atoms with van der Waals surface area (Å²) in [6.45, 7) is 0. The second kappa shape index (κ2) is 9.63. The van der Waals surface area contributed by atoms with Gasteiger partial charge in [0.15, 0.2) is 0 Å². The van der Waals surface area contributed by atoms with Gasteiger partial charge in [0.2, 0.25) is 0 Å². The SMILES string of the molecule is O=C(NNC(=O)c1ccc(Cl)cc1Cl)c1cccc(NC(=O)c2ccccc2Cl)c1. The van der Waals surface area contributed by atoms with E-state index in [4.69, 9.17) is 34.8 Å². The van der Waals surface area contributed by atoms with E-state index in [1.165, 1.54) is 30.3 Å². The number of hydrogen-bond acceptors (Lipinski definition) is 3. The number of anilines is 1. The molecule has 0 saturated carbocycles. The molecule has 3 aromatic carbocycles. The number of carbonyl (C=O) groups excluding carboxylic acids is 3. The van der Waals surface area contributed by atoms with Gasteiger partial charge in [0.05, 0.1) is 21.2 Å². The predicted molar refractivity (Wildman–Crippen MR) is 117 cm³/mol. The summed E-state index contributed by atoms with van der Waals surface area (Å²) in [5.74, 6) is -1.60. The fourth-order valence-electron chi connectivity index (χ4n) is 2.51. The highest BCUT2D eigenvalue weighted by Crippen LogP contribution is 2.21. The summed E-state index contributed by atoms with van der Waals surface area (Å²) in [4.78, 5) is 36.9. The van der Waals surface area contributed by atoms with Crippen LogP contribution in [-0.2, 0) is 0 Å². The summed E-state index contributed by atoms with van der Waals surface area (Å²) < 4.78 is 0. The largest absolute Gasteiger partial charge is 0.322 e. The Morgan fingerprint density at radius 2 is 1.33 bits per heavy atom. The minimum atomic E-state index is -0.604. The van der Waals surface area contributed by atoms with Crippen LogP contribution in [0.25, 0.3) is 0 Å². The number of hydrazine groups is 1. The van der Waals surface area contributed by atoms with E-state index >= 15 is 0 Å². The monoisotopic (exact) mass is 461 g/mol. The van der Waals surface area contributed by atoms with Crippen LogP contribution in [0.3, 0.4) is 0 Å². The van der Waals surface area contributed by atoms with Crippen molar-refractivity contribution in [1.82, 2.24) is 10.9 Å². The number of carbonyl (C=O) groups is 3. The maximum absolute atomic E-state index is 12.4. The number of benzene rings is 3. The number of rotatable bonds is 4. The van der Waals surface area contributed by atoms with Crippen molar-refractivity contribution >= 4 is 58.2 Å². The Kier molecular flexibility index (Phi) is 6.95. The lowest BCUT2D eigenvalue weighted by Gasteiger charge is -2.10. The molecule has 0 heterocycles. The molecule has 0 bridgehead atoms. The Bertz CT molecular complexity index is 1140. The minimum Gasteiger partial charge on any atom is -0.322 e. The first-order chi connectivity index (χ1) is 14.3. The van der Waals surface area contributed by atoms with Gasteiger partial charge in [-0.05, 0) is 48.5 Å². The normalized spacial score (nSPS) is 10.2. The first-order valence-electron chi connectivity index (χ1n) is 8.57. The molecule has 0 radical (unpaired) electrons. The molecule has 152 valence electrons. The Balaban J connectivity index is 1.65. The quantitative estimate of drug-likeness (QED) is 0.478. The van der Waals surface area contributed by atoms with Crippen LogP contribution in [0.2, 0.25) is 15.1 Å². The van der Waals surface area contributed by atoms with Crippen LogP contribution >= 0.6 is 34.8 Å². The molecule has 3 aromatic rings. The Morgan fingerprint density at radius 1 is 0.633 bits per heavy atom. The zero-order valence-electron chi connectivity index (χ0n) is 15.2. The van der Waals surface area contributed by atoms with E-state index in [-0.39, 0.29) is 16.1 Å². The van der Waals surface area contributed by atoms with Gasteiger partial charge in [-0.25, -0.2) is 0 Å². The van der Waals surface area contributed by atoms with Gasteiger partial charge in [0, 0.05) is 16.3 Å². The lowest BCUT2D eigenvalue weighted by Crippen LogP contribution is -2.41. The third kappa shape index (κ3) is 5.30. The second-order valence-electron chi connectivity index (χ2n) is 6.05. The lowest BCUT2D eigenvalue weighted by molar-refractivity contribution is 0.0847. The van der Waals surface area contributed by atoms with Crippen molar-refractivity contribution in [2.45, 2.75) is 0 Å². The van der Waals surface area contributed by atoms with Crippen LogP contribution in [0, 0.1) is 0 Å². The fourth-order valence-corrected chi connectivity index (χ4v) is 3.22. The summed E-state index contributed by atoms with van der Waals surface area (Å²) in [6.07, 6.45) is 0. The number of amides is 3. The third-order valence-corrected chi connectivity index (χ3v) is 4.84. The van der Waals surface area contributed by atoms with E-state index in [0.717, 1.165) is 0 Å². The third-order valence-electron chi connectivity index (χ3n) is 3.97. The molecule has 3 rings (SSSR count). The summed E-state index contributed by atoms with van der Waals surface area (Å²) in [6, 6.07) is 17.2. The van der Waals surface area contributed by atoms with Crippen LogP contribution in [-0.4, -0.2) is 17.7 Å². The van der Waals surface area contributed by atoms with Crippen molar-refractivity contribution < 1.29 is 14.4 Å². The van der Waals surface area contributed by atoms with Crippen molar-refractivity contribution in [2.75, 3.05) is 5.32 Å². The molecule has 3 amide bonds. The second-order valence-corrected chi connectivity index (χ2v) is 7.30. The zero-order chi connectivity index (χ0) is 21.7.